The van der Waals surface area contributed by atoms with Crippen molar-refractivity contribution in [2.24, 2.45) is 0 Å². The predicted octanol–water partition coefficient (Wildman–Crippen LogP) is -0.169. The largest absolute Gasteiger partial charge is 0.454 e. The lowest BCUT2D eigenvalue weighted by molar-refractivity contribution is -0.151. The molecule has 0 aromatic heterocycles. The average Bonchev–Trinajstić information content (AvgIpc) is 3.09. The molecule has 0 unspecified atom stereocenters. The van der Waals surface area contributed by atoms with Crippen molar-refractivity contribution < 1.29 is 23.9 Å². The molecule has 22 heavy (non-hydrogen) atoms. The molecule has 0 atom stereocenters. The maximum atomic E-state index is 11.5. The first-order chi connectivity index (χ1) is 10.5. The predicted molar refractivity (Wildman–Crippen MR) is 78.9 cm³/mol. The van der Waals surface area contributed by atoms with Crippen LogP contribution < -0.4 is 10.6 Å². The first kappa shape index (κ1) is 16.6. The molecule has 1 heterocycles. The fourth-order valence-electron chi connectivity index (χ4n) is 2.34. The van der Waals surface area contributed by atoms with Gasteiger partial charge in [0.15, 0.2) is 6.61 Å². The highest BCUT2D eigenvalue weighted by molar-refractivity contribution is 8.00. The van der Waals surface area contributed by atoms with Gasteiger partial charge in [-0.1, -0.05) is 12.8 Å². The molecule has 8 nitrogen and oxygen atoms in total. The van der Waals surface area contributed by atoms with Gasteiger partial charge in [0, 0.05) is 6.04 Å². The van der Waals surface area contributed by atoms with Crippen LogP contribution in [0.15, 0.2) is 0 Å². The van der Waals surface area contributed by atoms with Crippen LogP contribution in [0.3, 0.4) is 0 Å². The highest BCUT2D eigenvalue weighted by Gasteiger charge is 2.24. The Balaban J connectivity index is 1.61. The third-order valence-electron chi connectivity index (χ3n) is 3.45. The number of hydrogen-bond acceptors (Lipinski definition) is 6. The molecule has 0 radical (unpaired) electrons. The van der Waals surface area contributed by atoms with Crippen molar-refractivity contribution >= 4 is 35.6 Å². The number of hydrogen-bond donors (Lipinski definition) is 2. The van der Waals surface area contributed by atoms with E-state index in [1.54, 1.807) is 0 Å². The summed E-state index contributed by atoms with van der Waals surface area (Å²) in [4.78, 5) is 47.2. The van der Waals surface area contributed by atoms with Crippen molar-refractivity contribution in [1.82, 2.24) is 15.5 Å². The second-order valence-electron chi connectivity index (χ2n) is 5.23. The Labute approximate surface area is 132 Å². The zero-order chi connectivity index (χ0) is 15.9. The first-order valence-corrected chi connectivity index (χ1v) is 8.31. The average molecular weight is 329 g/mol. The van der Waals surface area contributed by atoms with Crippen molar-refractivity contribution in [2.45, 2.75) is 31.7 Å². The Morgan fingerprint density at radius 2 is 2.00 bits per heavy atom. The summed E-state index contributed by atoms with van der Waals surface area (Å²) in [5, 5.41) is 4.81. The molecular weight excluding hydrogens is 310 g/mol. The van der Waals surface area contributed by atoms with E-state index in [9.17, 15) is 19.2 Å². The molecular formula is C13H19N3O5S. The third kappa shape index (κ3) is 5.21. The van der Waals surface area contributed by atoms with Gasteiger partial charge in [0.2, 0.25) is 5.91 Å². The van der Waals surface area contributed by atoms with E-state index in [0.717, 1.165) is 25.7 Å². The summed E-state index contributed by atoms with van der Waals surface area (Å²) in [6, 6.07) is -0.465. The Morgan fingerprint density at radius 3 is 2.64 bits per heavy atom. The molecule has 1 saturated carbocycles. The van der Waals surface area contributed by atoms with Gasteiger partial charge in [-0.25, -0.2) is 4.79 Å². The van der Waals surface area contributed by atoms with Crippen LogP contribution in [-0.4, -0.2) is 59.5 Å². The van der Waals surface area contributed by atoms with Crippen LogP contribution >= 0.6 is 11.8 Å². The molecule has 2 rings (SSSR count). The zero-order valence-electron chi connectivity index (χ0n) is 12.1. The molecule has 2 fully saturated rings. The van der Waals surface area contributed by atoms with Gasteiger partial charge in [-0.15, -0.1) is 11.8 Å². The monoisotopic (exact) mass is 329 g/mol. The van der Waals surface area contributed by atoms with Gasteiger partial charge in [-0.05, 0) is 12.8 Å². The minimum Gasteiger partial charge on any atom is -0.454 e. The molecule has 0 bridgehead atoms. The normalized spacial score (nSPS) is 18.4. The Bertz CT molecular complexity index is 465. The summed E-state index contributed by atoms with van der Waals surface area (Å²) in [7, 11) is 0. The lowest BCUT2D eigenvalue weighted by Crippen LogP contribution is -2.45. The van der Waals surface area contributed by atoms with E-state index in [0.29, 0.717) is 11.6 Å². The molecule has 122 valence electrons. The number of nitrogens with zero attached hydrogens (tertiary/aromatic N) is 1. The fraction of sp³-hybridized carbons (Fsp3) is 0.692. The molecule has 9 heteroatoms. The fourth-order valence-corrected chi connectivity index (χ4v) is 3.25. The topological polar surface area (TPSA) is 105 Å². The zero-order valence-corrected chi connectivity index (χ0v) is 12.9. The van der Waals surface area contributed by atoms with Crippen LogP contribution in [0.25, 0.3) is 0 Å². The number of amides is 4. The van der Waals surface area contributed by atoms with E-state index >= 15 is 0 Å². The molecule has 1 saturated heterocycles. The molecule has 2 N–H and O–H groups in total. The molecule has 0 spiro atoms. The summed E-state index contributed by atoms with van der Waals surface area (Å²) in [5.41, 5.74) is 0. The quantitative estimate of drug-likeness (QED) is 0.679. The number of imide groups is 1. The lowest BCUT2D eigenvalue weighted by Gasteiger charge is -2.14. The van der Waals surface area contributed by atoms with Crippen molar-refractivity contribution in [3.63, 3.8) is 0 Å². The second-order valence-corrected chi connectivity index (χ2v) is 6.19. The Kier molecular flexibility index (Phi) is 6.05. The van der Waals surface area contributed by atoms with Crippen LogP contribution in [0, 0.1) is 0 Å². The Hall–Kier alpha value is -1.77. The van der Waals surface area contributed by atoms with Crippen molar-refractivity contribution in [2.75, 3.05) is 24.8 Å². The summed E-state index contributed by atoms with van der Waals surface area (Å²) >= 11 is 1.42. The first-order valence-electron chi connectivity index (χ1n) is 7.16. The van der Waals surface area contributed by atoms with Crippen LogP contribution in [-0.2, 0) is 19.1 Å². The van der Waals surface area contributed by atoms with E-state index in [1.165, 1.54) is 16.7 Å². The number of thioether (sulfide) groups is 1. The molecule has 0 aromatic carbocycles. The number of carbonyl (C=O) groups is 4. The van der Waals surface area contributed by atoms with Crippen molar-refractivity contribution in [1.29, 1.82) is 0 Å². The number of esters is 1. The van der Waals surface area contributed by atoms with Crippen LogP contribution in [0.5, 0.6) is 0 Å². The summed E-state index contributed by atoms with van der Waals surface area (Å²) in [6.45, 7) is -0.709. The molecule has 0 aromatic rings. The lowest BCUT2D eigenvalue weighted by atomic mass is 10.2. The van der Waals surface area contributed by atoms with Gasteiger partial charge in [-0.3, -0.25) is 19.7 Å². The number of urea groups is 1. The van der Waals surface area contributed by atoms with E-state index in [4.69, 9.17) is 4.74 Å². The highest BCUT2D eigenvalue weighted by Crippen LogP contribution is 2.17. The van der Waals surface area contributed by atoms with E-state index < -0.39 is 24.5 Å². The maximum absolute atomic E-state index is 11.5. The van der Waals surface area contributed by atoms with Crippen molar-refractivity contribution in [3.05, 3.63) is 0 Å². The van der Waals surface area contributed by atoms with Gasteiger partial charge >= 0.3 is 12.0 Å². The van der Waals surface area contributed by atoms with Crippen LogP contribution in [0.1, 0.15) is 25.7 Å². The highest BCUT2D eigenvalue weighted by atomic mass is 32.2. The number of rotatable bonds is 5. The number of ether oxygens (including phenoxy) is 1. The van der Waals surface area contributed by atoms with E-state index in [-0.39, 0.29) is 18.5 Å². The van der Waals surface area contributed by atoms with E-state index in [1.807, 2.05) is 0 Å². The van der Waals surface area contributed by atoms with Crippen LogP contribution in [0.2, 0.25) is 0 Å². The molecule has 1 aliphatic carbocycles. The molecule has 4 amide bonds. The minimum absolute atomic E-state index is 0.106. The van der Waals surface area contributed by atoms with Gasteiger partial charge in [0.05, 0.1) is 11.6 Å². The number of nitrogens with one attached hydrogen (secondary N) is 2. The van der Waals surface area contributed by atoms with Gasteiger partial charge in [-0.2, -0.15) is 0 Å². The van der Waals surface area contributed by atoms with Gasteiger partial charge in [0.1, 0.15) is 6.54 Å². The standard InChI is InChI=1S/C13H19N3O5S/c17-10(15-13(20)14-9-3-1-2-4-9)6-21-12(19)5-16-8-22-7-11(16)18/h9H,1-8H2,(H2,14,15,17,20). The smallest absolute Gasteiger partial charge is 0.326 e. The summed E-state index contributed by atoms with van der Waals surface area (Å²) < 4.78 is 4.75. The van der Waals surface area contributed by atoms with Crippen molar-refractivity contribution in [3.8, 4) is 0 Å². The van der Waals surface area contributed by atoms with Gasteiger partial charge in [0.25, 0.3) is 5.91 Å². The molecule has 2 aliphatic rings. The van der Waals surface area contributed by atoms with Crippen LogP contribution in [0.4, 0.5) is 4.79 Å². The summed E-state index contributed by atoms with van der Waals surface area (Å²) in [5.74, 6) is -0.672. The van der Waals surface area contributed by atoms with E-state index in [2.05, 4.69) is 10.6 Å². The minimum atomic E-state index is -0.689. The number of carbonyl (C=O) groups excluding carboxylic acids is 4. The maximum Gasteiger partial charge on any atom is 0.326 e. The molecule has 1 aliphatic heterocycles. The second kappa shape index (κ2) is 8.02. The third-order valence-corrected chi connectivity index (χ3v) is 4.40. The van der Waals surface area contributed by atoms with Gasteiger partial charge < -0.3 is 15.0 Å². The summed E-state index contributed by atoms with van der Waals surface area (Å²) in [6.07, 6.45) is 3.98. The SMILES string of the molecule is O=C(COC(=O)CN1CSCC1=O)NC(=O)NC1CCCC1. The Morgan fingerprint density at radius 1 is 1.27 bits per heavy atom.